The molecule has 1 aromatic carbocycles. The molecule has 0 N–H and O–H groups in total. The van der Waals surface area contributed by atoms with Crippen molar-refractivity contribution in [3.05, 3.63) is 34.6 Å². The molecule has 0 aromatic heterocycles. The number of halogens is 3. The van der Waals surface area contributed by atoms with Gasteiger partial charge in [0.05, 0.1) is 5.02 Å². The van der Waals surface area contributed by atoms with Crippen LogP contribution < -0.4 is 0 Å². The third-order valence-electron chi connectivity index (χ3n) is 3.69. The van der Waals surface area contributed by atoms with E-state index in [1.54, 1.807) is 6.07 Å². The number of hydrogen-bond acceptors (Lipinski definition) is 0. The fourth-order valence-electron chi connectivity index (χ4n) is 2.24. The molecule has 1 rings (SSSR count). The van der Waals surface area contributed by atoms with Crippen LogP contribution in [0.15, 0.2) is 18.2 Å². The predicted molar refractivity (Wildman–Crippen MR) is 81.2 cm³/mol. The lowest BCUT2D eigenvalue weighted by molar-refractivity contribution is 0.283. The second-order valence-electron chi connectivity index (χ2n) is 4.98. The van der Waals surface area contributed by atoms with Crippen LogP contribution in [0.5, 0.6) is 0 Å². The van der Waals surface area contributed by atoms with Crippen LogP contribution in [-0.4, -0.2) is 5.33 Å². The van der Waals surface area contributed by atoms with Gasteiger partial charge in [-0.3, -0.25) is 0 Å². The summed E-state index contributed by atoms with van der Waals surface area (Å²) in [5.41, 5.74) is 1.11. The Kier molecular flexibility index (Phi) is 6.65. The van der Waals surface area contributed by atoms with Gasteiger partial charge in [0.25, 0.3) is 0 Å². The van der Waals surface area contributed by atoms with Gasteiger partial charge in [-0.25, -0.2) is 4.39 Å². The van der Waals surface area contributed by atoms with Crippen LogP contribution in [0.2, 0.25) is 5.02 Å². The molecule has 0 aliphatic carbocycles. The standard InChI is InChI=1S/C15H21BrClF/c1-3-5-9-15(4-2,11-16)10-12-7-6-8-13(18)14(12)17/h6-8H,3-5,9-11H2,1-2H3. The Labute approximate surface area is 123 Å². The molecule has 0 aliphatic heterocycles. The Morgan fingerprint density at radius 1 is 1.33 bits per heavy atom. The first-order valence-electron chi connectivity index (χ1n) is 6.57. The van der Waals surface area contributed by atoms with Crippen molar-refractivity contribution < 1.29 is 4.39 Å². The van der Waals surface area contributed by atoms with Gasteiger partial charge in [0.2, 0.25) is 0 Å². The predicted octanol–water partition coefficient (Wildman–Crippen LogP) is 6.00. The maximum Gasteiger partial charge on any atom is 0.142 e. The van der Waals surface area contributed by atoms with Crippen molar-refractivity contribution in [3.63, 3.8) is 0 Å². The maximum atomic E-state index is 13.5. The summed E-state index contributed by atoms with van der Waals surface area (Å²) >= 11 is 9.68. The first-order valence-corrected chi connectivity index (χ1v) is 8.07. The van der Waals surface area contributed by atoms with Crippen LogP contribution in [0.3, 0.4) is 0 Å². The molecule has 0 saturated carbocycles. The number of alkyl halides is 1. The second kappa shape index (κ2) is 7.49. The summed E-state index contributed by atoms with van der Waals surface area (Å²) in [7, 11) is 0. The molecule has 0 saturated heterocycles. The molecule has 1 atom stereocenters. The van der Waals surface area contributed by atoms with E-state index in [1.165, 1.54) is 18.9 Å². The van der Waals surface area contributed by atoms with Gasteiger partial charge >= 0.3 is 0 Å². The largest absolute Gasteiger partial charge is 0.205 e. The molecule has 102 valence electrons. The van der Waals surface area contributed by atoms with Gasteiger partial charge in [0.15, 0.2) is 0 Å². The molecule has 0 heterocycles. The molecule has 3 heteroatoms. The molecule has 1 aromatic rings. The van der Waals surface area contributed by atoms with E-state index in [1.807, 2.05) is 6.07 Å². The SMILES string of the molecule is CCCCC(CC)(CBr)Cc1cccc(F)c1Cl. The van der Waals surface area contributed by atoms with Crippen molar-refractivity contribution in [1.82, 2.24) is 0 Å². The third kappa shape index (κ3) is 3.96. The van der Waals surface area contributed by atoms with Crippen LogP contribution in [0.4, 0.5) is 4.39 Å². The molecular weight excluding hydrogens is 315 g/mol. The number of rotatable bonds is 7. The summed E-state index contributed by atoms with van der Waals surface area (Å²) in [5.74, 6) is -0.316. The highest BCUT2D eigenvalue weighted by Crippen LogP contribution is 2.37. The highest BCUT2D eigenvalue weighted by molar-refractivity contribution is 9.09. The topological polar surface area (TPSA) is 0 Å². The summed E-state index contributed by atoms with van der Waals surface area (Å²) in [5, 5.41) is 1.22. The van der Waals surface area contributed by atoms with Gasteiger partial charge in [-0.15, -0.1) is 0 Å². The Bertz CT molecular complexity index is 375. The van der Waals surface area contributed by atoms with Crippen LogP contribution in [-0.2, 0) is 6.42 Å². The molecule has 1 unspecified atom stereocenters. The maximum absolute atomic E-state index is 13.5. The molecule has 0 fully saturated rings. The molecule has 0 nitrogen and oxygen atoms in total. The lowest BCUT2D eigenvalue weighted by Crippen LogP contribution is -2.25. The van der Waals surface area contributed by atoms with Crippen molar-refractivity contribution >= 4 is 27.5 Å². The van der Waals surface area contributed by atoms with Crippen molar-refractivity contribution in [3.8, 4) is 0 Å². The molecule has 0 amide bonds. The average molecular weight is 336 g/mol. The van der Waals surface area contributed by atoms with Gasteiger partial charge in [0, 0.05) is 5.33 Å². The van der Waals surface area contributed by atoms with Gasteiger partial charge in [-0.05, 0) is 36.3 Å². The van der Waals surface area contributed by atoms with E-state index in [9.17, 15) is 4.39 Å². The van der Waals surface area contributed by atoms with E-state index in [4.69, 9.17) is 11.6 Å². The molecule has 0 spiro atoms. The molecular formula is C15H21BrClF. The van der Waals surface area contributed by atoms with Gasteiger partial charge < -0.3 is 0 Å². The van der Waals surface area contributed by atoms with E-state index < -0.39 is 0 Å². The summed E-state index contributed by atoms with van der Waals surface area (Å²) in [6.45, 7) is 4.40. The fraction of sp³-hybridized carbons (Fsp3) is 0.600. The smallest absolute Gasteiger partial charge is 0.142 e. The average Bonchev–Trinajstić information content (AvgIpc) is 2.40. The lowest BCUT2D eigenvalue weighted by Gasteiger charge is -2.31. The summed E-state index contributed by atoms with van der Waals surface area (Å²) in [6.07, 6.45) is 5.45. The minimum atomic E-state index is -0.316. The molecule has 0 aliphatic rings. The zero-order chi connectivity index (χ0) is 13.6. The van der Waals surface area contributed by atoms with Crippen LogP contribution >= 0.6 is 27.5 Å². The Morgan fingerprint density at radius 2 is 2.06 bits per heavy atom. The Morgan fingerprint density at radius 3 is 2.61 bits per heavy atom. The van der Waals surface area contributed by atoms with E-state index in [-0.39, 0.29) is 16.3 Å². The third-order valence-corrected chi connectivity index (χ3v) is 5.30. The number of benzene rings is 1. The van der Waals surface area contributed by atoms with Crippen molar-refractivity contribution in [1.29, 1.82) is 0 Å². The zero-order valence-electron chi connectivity index (χ0n) is 11.1. The van der Waals surface area contributed by atoms with Crippen molar-refractivity contribution in [2.24, 2.45) is 5.41 Å². The van der Waals surface area contributed by atoms with Crippen molar-refractivity contribution in [2.45, 2.75) is 46.0 Å². The summed E-state index contributed by atoms with van der Waals surface area (Å²) in [4.78, 5) is 0. The number of unbranched alkanes of at least 4 members (excludes halogenated alkanes) is 1. The molecule has 0 bridgehead atoms. The monoisotopic (exact) mass is 334 g/mol. The minimum absolute atomic E-state index is 0.188. The fourth-order valence-corrected chi connectivity index (χ4v) is 3.31. The first-order chi connectivity index (χ1) is 8.58. The van der Waals surface area contributed by atoms with E-state index in [0.29, 0.717) is 0 Å². The van der Waals surface area contributed by atoms with E-state index in [2.05, 4.69) is 29.8 Å². The normalized spacial score (nSPS) is 14.5. The second-order valence-corrected chi connectivity index (χ2v) is 5.92. The Balaban J connectivity index is 2.92. The van der Waals surface area contributed by atoms with Gasteiger partial charge in [0.1, 0.15) is 5.82 Å². The number of hydrogen-bond donors (Lipinski definition) is 0. The summed E-state index contributed by atoms with van der Waals surface area (Å²) < 4.78 is 13.5. The van der Waals surface area contributed by atoms with E-state index >= 15 is 0 Å². The summed E-state index contributed by atoms with van der Waals surface area (Å²) in [6, 6.07) is 5.09. The first kappa shape index (κ1) is 16.0. The van der Waals surface area contributed by atoms with E-state index in [0.717, 1.165) is 30.2 Å². The van der Waals surface area contributed by atoms with Crippen molar-refractivity contribution in [2.75, 3.05) is 5.33 Å². The molecule has 18 heavy (non-hydrogen) atoms. The zero-order valence-corrected chi connectivity index (χ0v) is 13.5. The van der Waals surface area contributed by atoms with Crippen LogP contribution in [0, 0.1) is 11.2 Å². The highest BCUT2D eigenvalue weighted by atomic mass is 79.9. The highest BCUT2D eigenvalue weighted by Gasteiger charge is 2.27. The quantitative estimate of drug-likeness (QED) is 0.536. The lowest BCUT2D eigenvalue weighted by atomic mass is 9.77. The molecule has 0 radical (unpaired) electrons. The van der Waals surface area contributed by atoms with Crippen LogP contribution in [0.25, 0.3) is 0 Å². The van der Waals surface area contributed by atoms with Gasteiger partial charge in [-0.2, -0.15) is 0 Å². The van der Waals surface area contributed by atoms with Crippen LogP contribution in [0.1, 0.15) is 45.1 Å². The van der Waals surface area contributed by atoms with Gasteiger partial charge in [-0.1, -0.05) is 66.4 Å². The Hall–Kier alpha value is -0.0800. The minimum Gasteiger partial charge on any atom is -0.205 e.